The molecule has 0 nitrogen and oxygen atoms in total. The molecule has 0 unspecified atom stereocenters. The minimum absolute atomic E-state index is 0.312. The summed E-state index contributed by atoms with van der Waals surface area (Å²) >= 11 is 3.78. The summed E-state index contributed by atoms with van der Waals surface area (Å²) in [5.41, 5.74) is 5.05. The van der Waals surface area contributed by atoms with E-state index in [0.717, 1.165) is 4.47 Å². The Morgan fingerprint density at radius 2 is 1.11 bits per heavy atom. The van der Waals surface area contributed by atoms with Crippen LogP contribution in [-0.4, -0.2) is 0 Å². The van der Waals surface area contributed by atoms with Gasteiger partial charge in [0.2, 0.25) is 0 Å². The normalized spacial score (nSPS) is 14.2. The van der Waals surface area contributed by atoms with Crippen molar-refractivity contribution in [1.82, 2.24) is 0 Å². The number of hydrogen-bond donors (Lipinski definition) is 0. The lowest BCUT2D eigenvalue weighted by Gasteiger charge is -2.34. The molecule has 0 heterocycles. The molecule has 1 heteroatoms. The third kappa shape index (κ3) is 1.95. The van der Waals surface area contributed by atoms with Crippen LogP contribution in [0.3, 0.4) is 0 Å². The molecule has 0 fully saturated rings. The van der Waals surface area contributed by atoms with Gasteiger partial charge >= 0.3 is 0 Å². The van der Waals surface area contributed by atoms with Gasteiger partial charge < -0.3 is 0 Å². The molecule has 0 atom stereocenters. The molecule has 0 saturated heterocycles. The van der Waals surface area contributed by atoms with E-state index < -0.39 is 0 Å². The summed E-state index contributed by atoms with van der Waals surface area (Å²) in [5, 5.41) is 5.36. The molecule has 0 radical (unpaired) electrons. The Balaban J connectivity index is 1.91. The molecule has 5 aromatic rings. The fourth-order valence-corrected chi connectivity index (χ4v) is 5.60. The van der Waals surface area contributed by atoms with Crippen molar-refractivity contribution in [2.24, 2.45) is 0 Å². The molecule has 5 aromatic carbocycles. The molecule has 28 heavy (non-hydrogen) atoms. The van der Waals surface area contributed by atoms with Gasteiger partial charge in [-0.25, -0.2) is 0 Å². The SMILES string of the molecule is Brc1cc2c3c(ccc4cccc(c43)C2(c2ccccc2)c2ccccc2)c1. The second-order valence-corrected chi connectivity index (χ2v) is 8.42. The molecule has 0 aliphatic heterocycles. The maximum Gasteiger partial charge on any atom is 0.0714 e. The number of halogens is 1. The van der Waals surface area contributed by atoms with Crippen molar-refractivity contribution in [2.45, 2.75) is 5.41 Å². The highest BCUT2D eigenvalue weighted by Gasteiger charge is 2.44. The van der Waals surface area contributed by atoms with Gasteiger partial charge in [-0.2, -0.15) is 0 Å². The van der Waals surface area contributed by atoms with Crippen molar-refractivity contribution >= 4 is 37.5 Å². The van der Waals surface area contributed by atoms with Crippen molar-refractivity contribution in [3.63, 3.8) is 0 Å². The highest BCUT2D eigenvalue weighted by molar-refractivity contribution is 9.10. The van der Waals surface area contributed by atoms with E-state index in [1.807, 2.05) is 0 Å². The molecule has 0 amide bonds. The van der Waals surface area contributed by atoms with Gasteiger partial charge in [0.15, 0.2) is 0 Å². The number of hydrogen-bond acceptors (Lipinski definition) is 0. The van der Waals surface area contributed by atoms with E-state index in [1.54, 1.807) is 0 Å². The van der Waals surface area contributed by atoms with Gasteiger partial charge in [0, 0.05) is 4.47 Å². The first-order valence-electron chi connectivity index (χ1n) is 9.57. The molecule has 0 bridgehead atoms. The zero-order chi connectivity index (χ0) is 18.7. The second-order valence-electron chi connectivity index (χ2n) is 7.50. The quantitative estimate of drug-likeness (QED) is 0.255. The van der Waals surface area contributed by atoms with E-state index >= 15 is 0 Å². The average Bonchev–Trinajstić information content (AvgIpc) is 3.05. The van der Waals surface area contributed by atoms with Crippen LogP contribution in [-0.2, 0) is 5.41 Å². The van der Waals surface area contributed by atoms with Crippen LogP contribution >= 0.6 is 15.9 Å². The second kappa shape index (κ2) is 5.80. The number of rotatable bonds is 2. The Morgan fingerprint density at radius 3 is 1.79 bits per heavy atom. The molecular formula is C27H17Br. The van der Waals surface area contributed by atoms with E-state index in [4.69, 9.17) is 0 Å². The molecule has 0 saturated carbocycles. The summed E-state index contributed by atoms with van der Waals surface area (Å²) in [4.78, 5) is 0. The summed E-state index contributed by atoms with van der Waals surface area (Å²) in [6.45, 7) is 0. The Morgan fingerprint density at radius 1 is 0.500 bits per heavy atom. The third-order valence-corrected chi connectivity index (χ3v) is 6.60. The smallest absolute Gasteiger partial charge is 0.0622 e. The predicted octanol–water partition coefficient (Wildman–Crippen LogP) is 7.45. The molecule has 0 N–H and O–H groups in total. The largest absolute Gasteiger partial charge is 0.0714 e. The summed E-state index contributed by atoms with van der Waals surface area (Å²) in [6, 6.07) is 37.7. The van der Waals surface area contributed by atoms with Crippen LogP contribution in [0.15, 0.2) is 108 Å². The molecule has 0 aromatic heterocycles. The van der Waals surface area contributed by atoms with Crippen LogP contribution in [0.25, 0.3) is 21.5 Å². The molecule has 1 aliphatic rings. The summed E-state index contributed by atoms with van der Waals surface area (Å²) in [6.07, 6.45) is 0. The highest BCUT2D eigenvalue weighted by atomic mass is 79.9. The standard InChI is InChI=1S/C27H17Br/c28-22-16-19-15-14-18-8-7-13-23-25(18)26(19)24(17-22)27(23,20-9-3-1-4-10-20)21-11-5-2-6-12-21/h1-17H. The zero-order valence-corrected chi connectivity index (χ0v) is 16.8. The maximum atomic E-state index is 3.78. The van der Waals surface area contributed by atoms with Crippen molar-refractivity contribution < 1.29 is 0 Å². The van der Waals surface area contributed by atoms with Crippen molar-refractivity contribution in [3.05, 3.63) is 130 Å². The van der Waals surface area contributed by atoms with E-state index in [2.05, 4.69) is 119 Å². The van der Waals surface area contributed by atoms with Crippen molar-refractivity contribution in [2.75, 3.05) is 0 Å². The average molecular weight is 421 g/mol. The molecule has 132 valence electrons. The minimum atomic E-state index is -0.312. The van der Waals surface area contributed by atoms with Gasteiger partial charge in [-0.15, -0.1) is 0 Å². The first kappa shape index (κ1) is 16.1. The van der Waals surface area contributed by atoms with E-state index in [-0.39, 0.29) is 5.41 Å². The van der Waals surface area contributed by atoms with Gasteiger partial charge in [-0.3, -0.25) is 0 Å². The van der Waals surface area contributed by atoms with E-state index in [9.17, 15) is 0 Å². The summed E-state index contributed by atoms with van der Waals surface area (Å²) in [7, 11) is 0. The summed E-state index contributed by atoms with van der Waals surface area (Å²) in [5.74, 6) is 0. The monoisotopic (exact) mass is 420 g/mol. The minimum Gasteiger partial charge on any atom is -0.0622 e. The zero-order valence-electron chi connectivity index (χ0n) is 15.2. The maximum absolute atomic E-state index is 3.78. The first-order chi connectivity index (χ1) is 13.8. The Bertz CT molecular complexity index is 1310. The van der Waals surface area contributed by atoms with Gasteiger partial charge in [0.05, 0.1) is 5.41 Å². The van der Waals surface area contributed by atoms with E-state index in [0.29, 0.717) is 0 Å². The fraction of sp³-hybridized carbons (Fsp3) is 0.0370. The van der Waals surface area contributed by atoms with E-state index in [1.165, 1.54) is 43.8 Å². The summed E-state index contributed by atoms with van der Waals surface area (Å²) < 4.78 is 1.12. The fourth-order valence-electron chi connectivity index (χ4n) is 5.12. The van der Waals surface area contributed by atoms with Gasteiger partial charge in [0.25, 0.3) is 0 Å². The Hall–Kier alpha value is -2.90. The van der Waals surface area contributed by atoms with Crippen LogP contribution in [0, 0.1) is 0 Å². The van der Waals surface area contributed by atoms with Crippen LogP contribution < -0.4 is 0 Å². The van der Waals surface area contributed by atoms with Crippen LogP contribution in [0.2, 0.25) is 0 Å². The molecular weight excluding hydrogens is 404 g/mol. The van der Waals surface area contributed by atoms with Crippen molar-refractivity contribution in [1.29, 1.82) is 0 Å². The van der Waals surface area contributed by atoms with Crippen molar-refractivity contribution in [3.8, 4) is 0 Å². The lowest BCUT2D eigenvalue weighted by molar-refractivity contribution is 0.771. The van der Waals surface area contributed by atoms with Crippen LogP contribution in [0.1, 0.15) is 22.3 Å². The highest BCUT2D eigenvalue weighted by Crippen LogP contribution is 2.56. The van der Waals surface area contributed by atoms with Gasteiger partial charge in [0.1, 0.15) is 0 Å². The molecule has 0 spiro atoms. The Labute approximate surface area is 172 Å². The lowest BCUT2D eigenvalue weighted by atomic mass is 9.67. The third-order valence-electron chi connectivity index (χ3n) is 6.14. The lowest BCUT2D eigenvalue weighted by Crippen LogP contribution is -2.28. The van der Waals surface area contributed by atoms with Gasteiger partial charge in [-0.1, -0.05) is 107 Å². The van der Waals surface area contributed by atoms with Gasteiger partial charge in [-0.05, 0) is 55.9 Å². The van der Waals surface area contributed by atoms with Crippen LogP contribution in [0.4, 0.5) is 0 Å². The molecule has 1 aliphatic carbocycles. The number of benzene rings is 5. The topological polar surface area (TPSA) is 0 Å². The van der Waals surface area contributed by atoms with Crippen LogP contribution in [0.5, 0.6) is 0 Å². The first-order valence-corrected chi connectivity index (χ1v) is 10.4. The molecule has 6 rings (SSSR count). The predicted molar refractivity (Wildman–Crippen MR) is 121 cm³/mol. The Kier molecular flexibility index (Phi) is 3.33.